The Hall–Kier alpha value is -0.710. The maximum atomic E-state index is 10.2. The topological polar surface area (TPSA) is 33.1 Å². The maximum Gasteiger partial charge on any atom is 0.124 e. The van der Waals surface area contributed by atoms with Crippen LogP contribution in [0.2, 0.25) is 0 Å². The molecule has 1 N–H and O–H groups in total. The van der Waals surface area contributed by atoms with Gasteiger partial charge in [0.2, 0.25) is 0 Å². The van der Waals surface area contributed by atoms with Crippen LogP contribution < -0.4 is 0 Å². The molecule has 2 aromatic heterocycles. The fourth-order valence-electron chi connectivity index (χ4n) is 1.58. The molecule has 0 aliphatic rings. The van der Waals surface area contributed by atoms with Crippen molar-refractivity contribution in [3.8, 4) is 0 Å². The first-order valence-corrected chi connectivity index (χ1v) is 6.45. The quantitative estimate of drug-likeness (QED) is 0.873. The number of hydrogen-bond donors (Lipinski definition) is 1. The molecule has 80 valence electrons. The summed E-state index contributed by atoms with van der Waals surface area (Å²) in [4.78, 5) is 6.33. The van der Waals surface area contributed by atoms with Crippen molar-refractivity contribution in [3.05, 3.63) is 37.5 Å². The van der Waals surface area contributed by atoms with Gasteiger partial charge < -0.3 is 5.11 Å². The molecular weight excluding hydrogens is 226 g/mol. The van der Waals surface area contributed by atoms with Crippen LogP contribution in [0.3, 0.4) is 0 Å². The molecule has 4 heteroatoms. The largest absolute Gasteiger partial charge is 0.382 e. The third-order valence-electron chi connectivity index (χ3n) is 2.34. The SMILES string of the molecule is Cc1nc(C)c(C(O)c2sccc2C)s1. The summed E-state index contributed by atoms with van der Waals surface area (Å²) in [5.41, 5.74) is 2.09. The molecule has 1 unspecified atom stereocenters. The molecule has 0 amide bonds. The number of thiophene rings is 1. The van der Waals surface area contributed by atoms with Crippen molar-refractivity contribution in [3.63, 3.8) is 0 Å². The fourth-order valence-corrected chi connectivity index (χ4v) is 3.50. The average Bonchev–Trinajstić information content (AvgIpc) is 2.71. The third-order valence-corrected chi connectivity index (χ3v) is 4.53. The lowest BCUT2D eigenvalue weighted by Crippen LogP contribution is -1.98. The molecule has 2 nitrogen and oxygen atoms in total. The number of aliphatic hydroxyl groups excluding tert-OH is 1. The average molecular weight is 239 g/mol. The van der Waals surface area contributed by atoms with Gasteiger partial charge in [-0.25, -0.2) is 4.98 Å². The normalized spacial score (nSPS) is 13.1. The van der Waals surface area contributed by atoms with Crippen LogP contribution in [0.4, 0.5) is 0 Å². The minimum Gasteiger partial charge on any atom is -0.382 e. The minimum absolute atomic E-state index is 0.504. The number of aromatic nitrogens is 1. The van der Waals surface area contributed by atoms with Crippen molar-refractivity contribution < 1.29 is 5.11 Å². The van der Waals surface area contributed by atoms with Crippen molar-refractivity contribution in [2.75, 3.05) is 0 Å². The van der Waals surface area contributed by atoms with Crippen LogP contribution in [0.15, 0.2) is 11.4 Å². The van der Waals surface area contributed by atoms with Gasteiger partial charge in [0.15, 0.2) is 0 Å². The highest BCUT2D eigenvalue weighted by Gasteiger charge is 2.19. The summed E-state index contributed by atoms with van der Waals surface area (Å²) in [6, 6.07) is 2.03. The first-order chi connectivity index (χ1) is 7.09. The van der Waals surface area contributed by atoms with Crippen LogP contribution in [0.1, 0.15) is 32.1 Å². The predicted molar refractivity (Wildman–Crippen MR) is 64.7 cm³/mol. The van der Waals surface area contributed by atoms with Gasteiger partial charge in [0, 0.05) is 4.88 Å². The van der Waals surface area contributed by atoms with E-state index >= 15 is 0 Å². The highest BCUT2D eigenvalue weighted by Crippen LogP contribution is 2.33. The van der Waals surface area contributed by atoms with Gasteiger partial charge in [0.25, 0.3) is 0 Å². The Bertz CT molecular complexity index is 473. The smallest absolute Gasteiger partial charge is 0.124 e. The monoisotopic (exact) mass is 239 g/mol. The fraction of sp³-hybridized carbons (Fsp3) is 0.364. The standard InChI is InChI=1S/C11H13NOS2/c1-6-4-5-14-10(6)9(13)11-7(2)12-8(3)15-11/h4-5,9,13H,1-3H3. The van der Waals surface area contributed by atoms with Gasteiger partial charge in [-0.2, -0.15) is 0 Å². The molecule has 15 heavy (non-hydrogen) atoms. The molecule has 0 spiro atoms. The summed E-state index contributed by atoms with van der Waals surface area (Å²) in [5.74, 6) is 0. The molecule has 0 aliphatic carbocycles. The summed E-state index contributed by atoms with van der Waals surface area (Å²) in [6.45, 7) is 5.94. The predicted octanol–water partition coefficient (Wildman–Crippen LogP) is 3.21. The zero-order valence-electron chi connectivity index (χ0n) is 8.94. The van der Waals surface area contributed by atoms with Crippen molar-refractivity contribution >= 4 is 22.7 Å². The number of rotatable bonds is 2. The summed E-state index contributed by atoms with van der Waals surface area (Å²) in [7, 11) is 0. The molecule has 2 rings (SSSR count). The van der Waals surface area contributed by atoms with Crippen molar-refractivity contribution in [1.29, 1.82) is 0 Å². The Labute approximate surface area is 97.2 Å². The summed E-state index contributed by atoms with van der Waals surface area (Å²) < 4.78 is 0. The van der Waals surface area contributed by atoms with E-state index in [0.29, 0.717) is 0 Å². The second kappa shape index (κ2) is 4.04. The van der Waals surface area contributed by atoms with E-state index < -0.39 is 6.10 Å². The lowest BCUT2D eigenvalue weighted by atomic mass is 10.1. The first-order valence-electron chi connectivity index (χ1n) is 4.75. The second-order valence-electron chi connectivity index (χ2n) is 3.55. The van der Waals surface area contributed by atoms with E-state index in [0.717, 1.165) is 26.0 Å². The van der Waals surface area contributed by atoms with Crippen LogP contribution >= 0.6 is 22.7 Å². The Morgan fingerprint density at radius 3 is 2.47 bits per heavy atom. The number of aliphatic hydroxyl groups is 1. The molecule has 0 radical (unpaired) electrons. The summed E-state index contributed by atoms with van der Waals surface area (Å²) in [6.07, 6.45) is -0.504. The van der Waals surface area contributed by atoms with Crippen molar-refractivity contribution in [2.24, 2.45) is 0 Å². The molecule has 0 bridgehead atoms. The Morgan fingerprint density at radius 2 is 2.00 bits per heavy atom. The molecule has 1 atom stereocenters. The first kappa shape index (κ1) is 10.8. The van der Waals surface area contributed by atoms with E-state index in [2.05, 4.69) is 4.98 Å². The lowest BCUT2D eigenvalue weighted by Gasteiger charge is -2.08. The van der Waals surface area contributed by atoms with E-state index in [1.54, 1.807) is 22.7 Å². The number of nitrogens with zero attached hydrogens (tertiary/aromatic N) is 1. The van der Waals surface area contributed by atoms with Crippen LogP contribution in [0.5, 0.6) is 0 Å². The van der Waals surface area contributed by atoms with Gasteiger partial charge in [0.1, 0.15) is 6.10 Å². The van der Waals surface area contributed by atoms with Gasteiger partial charge >= 0.3 is 0 Å². The van der Waals surface area contributed by atoms with Gasteiger partial charge in [-0.3, -0.25) is 0 Å². The summed E-state index contributed by atoms with van der Waals surface area (Å²) in [5, 5.41) is 13.3. The zero-order valence-corrected chi connectivity index (χ0v) is 10.6. The summed E-state index contributed by atoms with van der Waals surface area (Å²) >= 11 is 3.17. The van der Waals surface area contributed by atoms with Gasteiger partial charge in [0.05, 0.1) is 15.6 Å². The van der Waals surface area contributed by atoms with E-state index in [9.17, 15) is 5.11 Å². The van der Waals surface area contributed by atoms with E-state index in [4.69, 9.17) is 0 Å². The molecule has 0 aliphatic heterocycles. The van der Waals surface area contributed by atoms with Crippen LogP contribution in [0.25, 0.3) is 0 Å². The molecule has 2 heterocycles. The minimum atomic E-state index is -0.504. The highest BCUT2D eigenvalue weighted by atomic mass is 32.1. The Morgan fingerprint density at radius 1 is 1.27 bits per heavy atom. The lowest BCUT2D eigenvalue weighted by molar-refractivity contribution is 0.226. The van der Waals surface area contributed by atoms with Crippen LogP contribution in [-0.4, -0.2) is 10.1 Å². The maximum absolute atomic E-state index is 10.2. The molecule has 0 fully saturated rings. The zero-order chi connectivity index (χ0) is 11.0. The molecular formula is C11H13NOS2. The van der Waals surface area contributed by atoms with Gasteiger partial charge in [-0.15, -0.1) is 22.7 Å². The van der Waals surface area contributed by atoms with E-state index in [1.165, 1.54) is 0 Å². The molecule has 0 saturated heterocycles. The van der Waals surface area contributed by atoms with Gasteiger partial charge in [-0.05, 0) is 37.8 Å². The van der Waals surface area contributed by atoms with Crippen molar-refractivity contribution in [2.45, 2.75) is 26.9 Å². The molecule has 0 saturated carbocycles. The Kier molecular flexibility index (Phi) is 2.91. The molecule has 2 aromatic rings. The number of thiazole rings is 1. The second-order valence-corrected chi connectivity index (χ2v) is 5.74. The van der Waals surface area contributed by atoms with E-state index in [-0.39, 0.29) is 0 Å². The number of hydrogen-bond acceptors (Lipinski definition) is 4. The highest BCUT2D eigenvalue weighted by molar-refractivity contribution is 7.12. The van der Waals surface area contributed by atoms with Crippen LogP contribution in [0, 0.1) is 20.8 Å². The van der Waals surface area contributed by atoms with E-state index in [1.807, 2.05) is 32.2 Å². The third kappa shape index (κ3) is 1.97. The van der Waals surface area contributed by atoms with Crippen molar-refractivity contribution in [1.82, 2.24) is 4.98 Å². The van der Waals surface area contributed by atoms with Gasteiger partial charge in [-0.1, -0.05) is 0 Å². The number of aryl methyl sites for hydroxylation is 3. The van der Waals surface area contributed by atoms with Crippen LogP contribution in [-0.2, 0) is 0 Å². The Balaban J connectivity index is 2.40. The molecule has 0 aromatic carbocycles.